The molecule has 2 rings (SSSR count). The van der Waals surface area contributed by atoms with Crippen LogP contribution in [-0.2, 0) is 20.9 Å². The molecule has 4 atom stereocenters. The van der Waals surface area contributed by atoms with Gasteiger partial charge in [-0.1, -0.05) is 30.7 Å². The van der Waals surface area contributed by atoms with Gasteiger partial charge in [-0.05, 0) is 61.3 Å². The summed E-state index contributed by atoms with van der Waals surface area (Å²) in [5.74, 6) is 0.604. The second-order valence-electron chi connectivity index (χ2n) is 7.94. The average Bonchev–Trinajstić information content (AvgIpc) is 2.93. The van der Waals surface area contributed by atoms with Crippen molar-refractivity contribution in [3.05, 3.63) is 40.9 Å². The molecule has 5 nitrogen and oxygen atoms in total. The van der Waals surface area contributed by atoms with E-state index in [2.05, 4.69) is 13.0 Å². The summed E-state index contributed by atoms with van der Waals surface area (Å²) in [6.45, 7) is 4.26. The number of hydrogen-bond donors (Lipinski definition) is 1. The lowest BCUT2D eigenvalue weighted by molar-refractivity contribution is -0.142. The fourth-order valence-corrected chi connectivity index (χ4v) is 4.73. The number of halogens is 2. The molecular weight excluding hydrogens is 427 g/mol. The quantitative estimate of drug-likeness (QED) is 0.195. The van der Waals surface area contributed by atoms with Crippen molar-refractivity contribution in [3.63, 3.8) is 0 Å². The minimum Gasteiger partial charge on any atom is -0.493 e. The van der Waals surface area contributed by atoms with E-state index in [4.69, 9.17) is 37.8 Å². The molecule has 0 bridgehead atoms. The van der Waals surface area contributed by atoms with Crippen molar-refractivity contribution in [1.82, 2.24) is 0 Å². The van der Waals surface area contributed by atoms with Gasteiger partial charge >= 0.3 is 11.9 Å². The summed E-state index contributed by atoms with van der Waals surface area (Å²) in [6.07, 6.45) is 7.56. The fourth-order valence-electron chi connectivity index (χ4n) is 3.91. The van der Waals surface area contributed by atoms with Gasteiger partial charge in [0.25, 0.3) is 0 Å². The van der Waals surface area contributed by atoms with Crippen LogP contribution < -0.4 is 4.74 Å². The van der Waals surface area contributed by atoms with Gasteiger partial charge in [-0.25, -0.2) is 0 Å². The molecule has 1 aromatic carbocycles. The van der Waals surface area contributed by atoms with E-state index in [0.717, 1.165) is 24.8 Å². The van der Waals surface area contributed by atoms with Crippen LogP contribution in [0.5, 0.6) is 5.75 Å². The molecule has 0 amide bonds. The van der Waals surface area contributed by atoms with Crippen molar-refractivity contribution in [1.29, 1.82) is 0 Å². The topological polar surface area (TPSA) is 72.8 Å². The van der Waals surface area contributed by atoms with Gasteiger partial charge in [-0.15, -0.1) is 11.6 Å². The van der Waals surface area contributed by atoms with Crippen molar-refractivity contribution in [2.24, 2.45) is 17.8 Å². The van der Waals surface area contributed by atoms with Crippen LogP contribution in [0.2, 0.25) is 5.02 Å². The largest absolute Gasteiger partial charge is 0.493 e. The summed E-state index contributed by atoms with van der Waals surface area (Å²) in [7, 11) is 0. The maximum Gasteiger partial charge on any atom is 0.303 e. The predicted octanol–water partition coefficient (Wildman–Crippen LogP) is 5.86. The third-order valence-electron chi connectivity index (χ3n) is 5.49. The molecule has 1 N–H and O–H groups in total. The minimum absolute atomic E-state index is 0.0937. The molecule has 0 heterocycles. The fraction of sp³-hybridized carbons (Fsp3) is 0.565. The van der Waals surface area contributed by atoms with Gasteiger partial charge in [0.15, 0.2) is 0 Å². The van der Waals surface area contributed by atoms with Crippen LogP contribution in [0.4, 0.5) is 0 Å². The first kappa shape index (κ1) is 24.5. The molecular formula is C23H30Cl2O5. The second kappa shape index (κ2) is 12.2. The van der Waals surface area contributed by atoms with E-state index in [9.17, 15) is 9.59 Å². The summed E-state index contributed by atoms with van der Waals surface area (Å²) in [6, 6.07) is 5.35. The Kier molecular flexibility index (Phi) is 9.99. The molecule has 0 spiro atoms. The van der Waals surface area contributed by atoms with E-state index in [-0.39, 0.29) is 24.4 Å². The Bertz CT molecular complexity index is 749. The van der Waals surface area contributed by atoms with E-state index in [1.807, 2.05) is 12.1 Å². The number of carboxylic acids is 1. The molecule has 30 heavy (non-hydrogen) atoms. The van der Waals surface area contributed by atoms with Crippen LogP contribution >= 0.6 is 23.2 Å². The van der Waals surface area contributed by atoms with Crippen LogP contribution in [0.3, 0.4) is 0 Å². The van der Waals surface area contributed by atoms with Gasteiger partial charge in [0.2, 0.25) is 0 Å². The van der Waals surface area contributed by atoms with Crippen LogP contribution in [0.1, 0.15) is 51.5 Å². The average molecular weight is 457 g/mol. The van der Waals surface area contributed by atoms with Gasteiger partial charge in [0.05, 0.1) is 6.61 Å². The normalized spacial score (nSPS) is 23.6. The summed E-state index contributed by atoms with van der Waals surface area (Å²) in [5, 5.41) is 9.32. The number of benzene rings is 1. The van der Waals surface area contributed by atoms with E-state index < -0.39 is 5.97 Å². The van der Waals surface area contributed by atoms with Crippen molar-refractivity contribution in [2.75, 3.05) is 6.61 Å². The zero-order valence-electron chi connectivity index (χ0n) is 17.5. The molecule has 0 unspecified atom stereocenters. The van der Waals surface area contributed by atoms with Crippen molar-refractivity contribution < 1.29 is 24.2 Å². The monoisotopic (exact) mass is 456 g/mol. The van der Waals surface area contributed by atoms with Gasteiger partial charge < -0.3 is 14.6 Å². The first-order valence-corrected chi connectivity index (χ1v) is 11.1. The van der Waals surface area contributed by atoms with Crippen LogP contribution in [-0.4, -0.2) is 29.0 Å². The van der Waals surface area contributed by atoms with Gasteiger partial charge in [0.1, 0.15) is 12.4 Å². The summed E-state index contributed by atoms with van der Waals surface area (Å²) in [4.78, 5) is 21.6. The van der Waals surface area contributed by atoms with Gasteiger partial charge in [0, 0.05) is 29.7 Å². The molecule has 0 aromatic heterocycles. The zero-order chi connectivity index (χ0) is 22.1. The van der Waals surface area contributed by atoms with Crippen molar-refractivity contribution >= 4 is 35.1 Å². The van der Waals surface area contributed by atoms with E-state index in [1.165, 1.54) is 6.92 Å². The number of carboxylic acid groups (broad SMARTS) is 1. The number of unbranched alkanes of at least 4 members (excludes halogenated alkanes) is 1. The molecule has 166 valence electrons. The lowest BCUT2D eigenvalue weighted by Gasteiger charge is -2.23. The zero-order valence-corrected chi connectivity index (χ0v) is 19.0. The van der Waals surface area contributed by atoms with Gasteiger partial charge in [-0.2, -0.15) is 0 Å². The molecule has 1 aromatic rings. The summed E-state index contributed by atoms with van der Waals surface area (Å²) < 4.78 is 11.1. The Hall–Kier alpha value is -1.72. The molecule has 0 radical (unpaired) electrons. The van der Waals surface area contributed by atoms with E-state index in [0.29, 0.717) is 41.6 Å². The first-order valence-electron chi connectivity index (χ1n) is 10.3. The smallest absolute Gasteiger partial charge is 0.303 e. The Morgan fingerprint density at radius 3 is 2.70 bits per heavy atom. The van der Waals surface area contributed by atoms with Gasteiger partial charge in [-0.3, -0.25) is 9.59 Å². The number of allylic oxidation sites excluding steroid dienone is 2. The highest BCUT2D eigenvalue weighted by atomic mass is 35.5. The molecule has 0 saturated heterocycles. The highest BCUT2D eigenvalue weighted by Crippen LogP contribution is 2.42. The molecule has 1 saturated carbocycles. The number of alkyl halides is 1. The minimum atomic E-state index is -0.761. The number of aliphatic carboxylic acids is 1. The molecule has 7 heteroatoms. The second-order valence-corrected chi connectivity index (χ2v) is 8.93. The maximum absolute atomic E-state index is 11.0. The highest BCUT2D eigenvalue weighted by molar-refractivity contribution is 6.30. The third-order valence-corrected chi connectivity index (χ3v) is 6.21. The van der Waals surface area contributed by atoms with Crippen LogP contribution in [0.25, 0.3) is 0 Å². The Labute approximate surface area is 188 Å². The highest BCUT2D eigenvalue weighted by Gasteiger charge is 2.39. The number of carbonyl (C=O) groups is 2. The van der Waals surface area contributed by atoms with E-state index in [1.54, 1.807) is 12.1 Å². The number of hydrogen-bond acceptors (Lipinski definition) is 4. The number of carbonyl (C=O) groups excluding carboxylic acids is 1. The lowest BCUT2D eigenvalue weighted by Crippen LogP contribution is -2.23. The first-order chi connectivity index (χ1) is 14.3. The Balaban J connectivity index is 1.92. The van der Waals surface area contributed by atoms with Crippen LogP contribution in [0, 0.1) is 17.8 Å². The van der Waals surface area contributed by atoms with Crippen molar-refractivity contribution in [2.45, 2.75) is 57.9 Å². The Morgan fingerprint density at radius 1 is 1.23 bits per heavy atom. The SMILES string of the molecule is CC(=O)OCc1cc(Cl)cc(OC[C@@H]2[C@@H](C/C=C\CCCC(=O)O)[C@H](Cl)C[C@H]2C)c1. The molecule has 0 aliphatic heterocycles. The standard InChI is InChI=1S/C23H30Cl2O5/c1-15-9-22(25)20(7-5-3-4-6-8-23(27)28)21(15)14-30-19-11-17(10-18(24)12-19)13-29-16(2)26/h3,5,10-12,15,20-22H,4,6-9,13-14H2,1-2H3,(H,27,28)/b5-3-/t15-,20-,21+,22-/m1/s1. The Morgan fingerprint density at radius 2 is 2.00 bits per heavy atom. The maximum atomic E-state index is 11.0. The van der Waals surface area contributed by atoms with Crippen LogP contribution in [0.15, 0.2) is 30.4 Å². The van der Waals surface area contributed by atoms with Crippen molar-refractivity contribution in [3.8, 4) is 5.75 Å². The predicted molar refractivity (Wildman–Crippen MR) is 118 cm³/mol. The number of esters is 1. The van der Waals surface area contributed by atoms with E-state index >= 15 is 0 Å². The molecule has 1 fully saturated rings. The molecule has 1 aliphatic rings. The third kappa shape index (κ3) is 8.19. The number of ether oxygens (including phenoxy) is 2. The summed E-state index contributed by atoms with van der Waals surface area (Å²) in [5.41, 5.74) is 0.781. The summed E-state index contributed by atoms with van der Waals surface area (Å²) >= 11 is 12.8. The number of rotatable bonds is 11. The molecule has 1 aliphatic carbocycles. The lowest BCUT2D eigenvalue weighted by atomic mass is 9.88.